The van der Waals surface area contributed by atoms with E-state index < -0.39 is 11.7 Å². The largest absolute Gasteiger partial charge is 0.418 e. The van der Waals surface area contributed by atoms with Crippen LogP contribution in [0.5, 0.6) is 0 Å². The van der Waals surface area contributed by atoms with Crippen LogP contribution in [-0.4, -0.2) is 14.8 Å². The molecule has 100 valence electrons. The van der Waals surface area contributed by atoms with Crippen molar-refractivity contribution in [1.29, 1.82) is 0 Å². The Hall–Kier alpha value is -1.56. The highest BCUT2D eigenvalue weighted by molar-refractivity contribution is 6.28. The van der Waals surface area contributed by atoms with Crippen LogP contribution in [0.15, 0.2) is 24.3 Å². The van der Waals surface area contributed by atoms with Crippen molar-refractivity contribution < 1.29 is 13.2 Å². The maximum Gasteiger partial charge on any atom is 0.418 e. The van der Waals surface area contributed by atoms with Gasteiger partial charge in [0.1, 0.15) is 5.82 Å². The average Bonchev–Trinajstić information content (AvgIpc) is 3.12. The number of para-hydroxylation sites is 1. The summed E-state index contributed by atoms with van der Waals surface area (Å²) in [6.07, 6.45) is -2.63. The molecule has 7 heteroatoms. The SMILES string of the molecule is FC(F)(F)c1ccccc1-n1c(Cl)nnc1C1CC1. The van der Waals surface area contributed by atoms with Crippen molar-refractivity contribution in [2.45, 2.75) is 24.9 Å². The van der Waals surface area contributed by atoms with Gasteiger partial charge in [-0.3, -0.25) is 4.57 Å². The lowest BCUT2D eigenvalue weighted by Crippen LogP contribution is -2.12. The van der Waals surface area contributed by atoms with E-state index in [4.69, 9.17) is 11.6 Å². The Bertz CT molecular complexity index is 617. The van der Waals surface area contributed by atoms with Crippen molar-refractivity contribution in [3.8, 4) is 5.69 Å². The van der Waals surface area contributed by atoms with Gasteiger partial charge < -0.3 is 0 Å². The van der Waals surface area contributed by atoms with E-state index >= 15 is 0 Å². The summed E-state index contributed by atoms with van der Waals surface area (Å²) in [5.41, 5.74) is -0.759. The highest BCUT2D eigenvalue weighted by atomic mass is 35.5. The van der Waals surface area contributed by atoms with Crippen LogP contribution in [0.3, 0.4) is 0 Å². The second-order valence-corrected chi connectivity index (χ2v) is 4.79. The van der Waals surface area contributed by atoms with E-state index in [-0.39, 0.29) is 16.9 Å². The van der Waals surface area contributed by atoms with Crippen LogP contribution in [0.4, 0.5) is 13.2 Å². The molecule has 2 aromatic rings. The van der Waals surface area contributed by atoms with E-state index in [1.54, 1.807) is 0 Å². The number of nitrogens with zero attached hydrogens (tertiary/aromatic N) is 3. The van der Waals surface area contributed by atoms with Crippen molar-refractivity contribution in [3.05, 3.63) is 40.9 Å². The van der Waals surface area contributed by atoms with Gasteiger partial charge in [-0.05, 0) is 36.6 Å². The molecule has 1 aliphatic carbocycles. The highest BCUT2D eigenvalue weighted by Gasteiger charge is 2.37. The lowest BCUT2D eigenvalue weighted by molar-refractivity contribution is -0.137. The molecule has 0 aliphatic heterocycles. The molecule has 19 heavy (non-hydrogen) atoms. The average molecular weight is 288 g/mol. The Morgan fingerprint density at radius 1 is 1.16 bits per heavy atom. The molecular formula is C12H9ClF3N3. The van der Waals surface area contributed by atoms with Crippen molar-refractivity contribution >= 4 is 11.6 Å². The number of hydrogen-bond acceptors (Lipinski definition) is 2. The molecule has 1 heterocycles. The summed E-state index contributed by atoms with van der Waals surface area (Å²) in [5, 5.41) is 7.54. The van der Waals surface area contributed by atoms with Gasteiger partial charge in [0.15, 0.2) is 0 Å². The van der Waals surface area contributed by atoms with Crippen LogP contribution in [0.2, 0.25) is 5.28 Å². The van der Waals surface area contributed by atoms with Crippen molar-refractivity contribution in [2.24, 2.45) is 0 Å². The van der Waals surface area contributed by atoms with E-state index in [1.165, 1.54) is 22.8 Å². The molecule has 0 radical (unpaired) electrons. The van der Waals surface area contributed by atoms with Crippen molar-refractivity contribution in [1.82, 2.24) is 14.8 Å². The molecule has 0 atom stereocenters. The predicted molar refractivity (Wildman–Crippen MR) is 63.3 cm³/mol. The van der Waals surface area contributed by atoms with Gasteiger partial charge in [0.25, 0.3) is 0 Å². The minimum atomic E-state index is -4.44. The smallest absolute Gasteiger partial charge is 0.269 e. The first-order valence-corrected chi connectivity index (χ1v) is 6.13. The first-order chi connectivity index (χ1) is 8.98. The summed E-state index contributed by atoms with van der Waals surface area (Å²) in [6.45, 7) is 0. The Morgan fingerprint density at radius 3 is 2.47 bits per heavy atom. The summed E-state index contributed by atoms with van der Waals surface area (Å²) in [7, 11) is 0. The molecule has 3 nitrogen and oxygen atoms in total. The summed E-state index contributed by atoms with van der Waals surface area (Å²) in [6, 6.07) is 5.30. The van der Waals surface area contributed by atoms with Gasteiger partial charge in [-0.1, -0.05) is 12.1 Å². The van der Waals surface area contributed by atoms with Gasteiger partial charge in [-0.2, -0.15) is 13.2 Å². The number of rotatable bonds is 2. The molecule has 1 aromatic carbocycles. The fourth-order valence-electron chi connectivity index (χ4n) is 2.01. The molecule has 1 aliphatic rings. The number of hydrogen-bond donors (Lipinski definition) is 0. The van der Waals surface area contributed by atoms with Crippen LogP contribution in [0.1, 0.15) is 30.1 Å². The molecule has 0 unspecified atom stereocenters. The summed E-state index contributed by atoms with van der Waals surface area (Å²) >= 11 is 5.90. The standard InChI is InChI=1S/C12H9ClF3N3/c13-11-18-17-10(7-5-6-7)19(11)9-4-2-1-3-8(9)12(14,15)16/h1-4,7H,5-6H2. The summed E-state index contributed by atoms with van der Waals surface area (Å²) in [4.78, 5) is 0. The van der Waals surface area contributed by atoms with Crippen LogP contribution >= 0.6 is 11.6 Å². The molecule has 0 N–H and O–H groups in total. The highest BCUT2D eigenvalue weighted by Crippen LogP contribution is 2.42. The predicted octanol–water partition coefficient (Wildman–Crippen LogP) is 3.82. The summed E-state index contributed by atoms with van der Waals surface area (Å²) < 4.78 is 40.4. The van der Waals surface area contributed by atoms with E-state index in [0.717, 1.165) is 18.9 Å². The number of halogens is 4. The van der Waals surface area contributed by atoms with E-state index in [0.29, 0.717) is 5.82 Å². The Morgan fingerprint density at radius 2 is 1.84 bits per heavy atom. The maximum absolute atomic E-state index is 13.0. The Kier molecular flexibility index (Phi) is 2.78. The minimum Gasteiger partial charge on any atom is -0.269 e. The fraction of sp³-hybridized carbons (Fsp3) is 0.333. The van der Waals surface area contributed by atoms with Gasteiger partial charge in [-0.25, -0.2) is 0 Å². The molecule has 3 rings (SSSR count). The second kappa shape index (κ2) is 4.23. The quantitative estimate of drug-likeness (QED) is 0.841. The Balaban J connectivity index is 2.20. The molecule has 0 spiro atoms. The number of benzene rings is 1. The van der Waals surface area contributed by atoms with Crippen LogP contribution < -0.4 is 0 Å². The zero-order chi connectivity index (χ0) is 13.6. The molecule has 0 saturated heterocycles. The molecule has 1 aromatic heterocycles. The third kappa shape index (κ3) is 2.20. The summed E-state index contributed by atoms with van der Waals surface area (Å²) in [5.74, 6) is 0.656. The fourth-order valence-corrected chi connectivity index (χ4v) is 2.23. The van der Waals surface area contributed by atoms with Gasteiger partial charge in [-0.15, -0.1) is 10.2 Å². The van der Waals surface area contributed by atoms with E-state index in [1.807, 2.05) is 0 Å². The minimum absolute atomic E-state index is 0.0214. The van der Waals surface area contributed by atoms with Crippen LogP contribution in [0.25, 0.3) is 5.69 Å². The third-order valence-corrected chi connectivity index (χ3v) is 3.29. The van der Waals surface area contributed by atoms with E-state index in [2.05, 4.69) is 10.2 Å². The van der Waals surface area contributed by atoms with Crippen molar-refractivity contribution in [2.75, 3.05) is 0 Å². The normalized spacial score (nSPS) is 15.8. The number of alkyl halides is 3. The number of aromatic nitrogens is 3. The second-order valence-electron chi connectivity index (χ2n) is 4.45. The zero-order valence-electron chi connectivity index (χ0n) is 9.65. The van der Waals surface area contributed by atoms with Gasteiger partial charge in [0, 0.05) is 5.92 Å². The van der Waals surface area contributed by atoms with E-state index in [9.17, 15) is 13.2 Å². The van der Waals surface area contributed by atoms with Crippen LogP contribution in [0, 0.1) is 0 Å². The first kappa shape index (κ1) is 12.5. The molecule has 0 amide bonds. The molecule has 0 bridgehead atoms. The monoisotopic (exact) mass is 287 g/mol. The molecular weight excluding hydrogens is 279 g/mol. The Labute approximate surface area is 112 Å². The molecule has 1 fully saturated rings. The lowest BCUT2D eigenvalue weighted by atomic mass is 10.1. The van der Waals surface area contributed by atoms with Gasteiger partial charge in [0.2, 0.25) is 5.28 Å². The van der Waals surface area contributed by atoms with Crippen LogP contribution in [-0.2, 0) is 6.18 Å². The maximum atomic E-state index is 13.0. The lowest BCUT2D eigenvalue weighted by Gasteiger charge is -2.14. The third-order valence-electron chi connectivity index (χ3n) is 3.04. The van der Waals surface area contributed by atoms with Crippen molar-refractivity contribution in [3.63, 3.8) is 0 Å². The first-order valence-electron chi connectivity index (χ1n) is 5.76. The topological polar surface area (TPSA) is 30.7 Å². The van der Waals surface area contributed by atoms with Gasteiger partial charge >= 0.3 is 6.18 Å². The van der Waals surface area contributed by atoms with Gasteiger partial charge in [0.05, 0.1) is 11.3 Å². The zero-order valence-corrected chi connectivity index (χ0v) is 10.4. The molecule has 1 saturated carbocycles.